The van der Waals surface area contributed by atoms with E-state index in [1.807, 2.05) is 23.7 Å². The average Bonchev–Trinajstić information content (AvgIpc) is 2.53. The summed E-state index contributed by atoms with van der Waals surface area (Å²) in [6.07, 6.45) is 0. The predicted molar refractivity (Wildman–Crippen MR) is 53.0 cm³/mol. The normalized spacial score (nSPS) is 21.8. The number of thioether (sulfide) groups is 1. The van der Waals surface area contributed by atoms with Gasteiger partial charge in [0, 0.05) is 7.05 Å². The highest BCUT2D eigenvalue weighted by atomic mass is 32.2. The highest BCUT2D eigenvalue weighted by Crippen LogP contribution is 2.33. The van der Waals surface area contributed by atoms with Crippen LogP contribution >= 0.6 is 11.8 Å². The van der Waals surface area contributed by atoms with Crippen molar-refractivity contribution in [3.05, 3.63) is 35.9 Å². The Hall–Kier alpha value is -0.960. The fraction of sp³-hybridized carbons (Fsp3) is 0.222. The lowest BCUT2D eigenvalue weighted by molar-refractivity contribution is 0.348. The van der Waals surface area contributed by atoms with E-state index in [1.54, 1.807) is 11.8 Å². The van der Waals surface area contributed by atoms with Gasteiger partial charge in [-0.05, 0) is 5.56 Å². The van der Waals surface area contributed by atoms with Crippen LogP contribution in [0.25, 0.3) is 0 Å². The van der Waals surface area contributed by atoms with Crippen LogP contribution in [-0.4, -0.2) is 17.6 Å². The zero-order chi connectivity index (χ0) is 8.39. The molecular weight excluding hydrogens is 168 g/mol. The Morgan fingerprint density at radius 3 is 2.67 bits per heavy atom. The number of nitrogens with zero attached hydrogens (tertiary/aromatic N) is 2. The van der Waals surface area contributed by atoms with Crippen LogP contribution in [0, 0.1) is 0 Å². The van der Waals surface area contributed by atoms with Crippen LogP contribution < -0.4 is 0 Å². The van der Waals surface area contributed by atoms with E-state index in [0.717, 1.165) is 0 Å². The molecule has 0 bridgehead atoms. The second-order valence-electron chi connectivity index (χ2n) is 2.69. The lowest BCUT2D eigenvalue weighted by atomic mass is 10.2. The predicted octanol–water partition coefficient (Wildman–Crippen LogP) is 2.31. The summed E-state index contributed by atoms with van der Waals surface area (Å²) in [6.45, 7) is 0. The molecule has 0 amide bonds. The van der Waals surface area contributed by atoms with Crippen LogP contribution in [0.5, 0.6) is 0 Å². The summed E-state index contributed by atoms with van der Waals surface area (Å²) < 4.78 is 0. The highest BCUT2D eigenvalue weighted by molar-refractivity contribution is 8.12. The van der Waals surface area contributed by atoms with E-state index in [2.05, 4.69) is 29.4 Å². The Labute approximate surface area is 76.3 Å². The van der Waals surface area contributed by atoms with Gasteiger partial charge in [-0.3, -0.25) is 5.01 Å². The molecule has 1 heterocycles. The van der Waals surface area contributed by atoms with Gasteiger partial charge in [0.25, 0.3) is 0 Å². The van der Waals surface area contributed by atoms with Crippen molar-refractivity contribution >= 4 is 17.3 Å². The molecule has 2 nitrogen and oxygen atoms in total. The van der Waals surface area contributed by atoms with Gasteiger partial charge >= 0.3 is 0 Å². The molecule has 0 N–H and O–H groups in total. The van der Waals surface area contributed by atoms with Gasteiger partial charge in [-0.25, -0.2) is 0 Å². The van der Waals surface area contributed by atoms with Crippen molar-refractivity contribution in [2.75, 3.05) is 7.05 Å². The van der Waals surface area contributed by atoms with Crippen LogP contribution in [0.1, 0.15) is 10.9 Å². The molecule has 1 aromatic carbocycles. The molecule has 0 saturated carbocycles. The van der Waals surface area contributed by atoms with Crippen molar-refractivity contribution in [3.8, 4) is 0 Å². The first-order chi connectivity index (χ1) is 5.88. The molecule has 2 rings (SSSR count). The standard InChI is InChI=1S/C9H10N2S/c1-11-9(12-7-10-11)8-5-3-2-4-6-8/h2-7,9H,1H3. The maximum absolute atomic E-state index is 4.17. The Morgan fingerprint density at radius 2 is 2.08 bits per heavy atom. The molecule has 0 aliphatic carbocycles. The van der Waals surface area contributed by atoms with E-state index in [9.17, 15) is 0 Å². The Morgan fingerprint density at radius 1 is 1.33 bits per heavy atom. The minimum absolute atomic E-state index is 0.367. The van der Waals surface area contributed by atoms with Crippen molar-refractivity contribution in [2.45, 2.75) is 5.37 Å². The van der Waals surface area contributed by atoms with Gasteiger partial charge in [-0.2, -0.15) is 5.10 Å². The molecule has 0 saturated heterocycles. The molecular formula is C9H10N2S. The third-order valence-electron chi connectivity index (χ3n) is 1.84. The van der Waals surface area contributed by atoms with Gasteiger partial charge in [0.05, 0.1) is 5.55 Å². The van der Waals surface area contributed by atoms with Gasteiger partial charge in [0.1, 0.15) is 5.37 Å². The zero-order valence-corrected chi connectivity index (χ0v) is 7.66. The summed E-state index contributed by atoms with van der Waals surface area (Å²) in [6, 6.07) is 10.4. The van der Waals surface area contributed by atoms with Crippen LogP contribution in [0.15, 0.2) is 35.4 Å². The second-order valence-corrected chi connectivity index (χ2v) is 3.62. The molecule has 0 aromatic heterocycles. The summed E-state index contributed by atoms with van der Waals surface area (Å²) in [5, 5.41) is 6.50. The van der Waals surface area contributed by atoms with E-state index >= 15 is 0 Å². The first-order valence-corrected chi connectivity index (χ1v) is 4.78. The molecule has 1 aliphatic rings. The fourth-order valence-corrected chi connectivity index (χ4v) is 2.08. The van der Waals surface area contributed by atoms with Gasteiger partial charge in [0.15, 0.2) is 0 Å². The molecule has 1 aliphatic heterocycles. The third-order valence-corrected chi connectivity index (χ3v) is 2.89. The Bertz CT molecular complexity index is 284. The molecule has 1 aromatic rings. The summed E-state index contributed by atoms with van der Waals surface area (Å²) >= 11 is 1.74. The van der Waals surface area contributed by atoms with Crippen molar-refractivity contribution < 1.29 is 0 Å². The highest BCUT2D eigenvalue weighted by Gasteiger charge is 2.18. The summed E-state index contributed by atoms with van der Waals surface area (Å²) in [5.41, 5.74) is 3.19. The van der Waals surface area contributed by atoms with E-state index < -0.39 is 0 Å². The fourth-order valence-electron chi connectivity index (χ4n) is 1.22. The van der Waals surface area contributed by atoms with Gasteiger partial charge in [0.2, 0.25) is 0 Å². The van der Waals surface area contributed by atoms with Gasteiger partial charge < -0.3 is 0 Å². The second kappa shape index (κ2) is 3.19. The molecule has 0 radical (unpaired) electrons. The maximum Gasteiger partial charge on any atom is 0.122 e. The van der Waals surface area contributed by atoms with Crippen LogP contribution in [0.2, 0.25) is 0 Å². The topological polar surface area (TPSA) is 15.6 Å². The van der Waals surface area contributed by atoms with Crippen LogP contribution in [0.3, 0.4) is 0 Å². The quantitative estimate of drug-likeness (QED) is 0.655. The third kappa shape index (κ3) is 1.32. The van der Waals surface area contributed by atoms with Crippen molar-refractivity contribution in [2.24, 2.45) is 5.10 Å². The molecule has 0 fully saturated rings. The SMILES string of the molecule is CN1N=CSC1c1ccccc1. The van der Waals surface area contributed by atoms with E-state index in [4.69, 9.17) is 0 Å². The van der Waals surface area contributed by atoms with Gasteiger partial charge in [-0.1, -0.05) is 42.1 Å². The average molecular weight is 178 g/mol. The van der Waals surface area contributed by atoms with Crippen molar-refractivity contribution in [3.63, 3.8) is 0 Å². The van der Waals surface area contributed by atoms with Crippen LogP contribution in [-0.2, 0) is 0 Å². The number of hydrazone groups is 1. The lowest BCUT2D eigenvalue weighted by Gasteiger charge is -2.17. The Balaban J connectivity index is 2.22. The number of benzene rings is 1. The molecule has 62 valence electrons. The van der Waals surface area contributed by atoms with Gasteiger partial charge in [-0.15, -0.1) is 0 Å². The number of rotatable bonds is 1. The first-order valence-electron chi connectivity index (χ1n) is 3.83. The molecule has 3 heteroatoms. The van der Waals surface area contributed by atoms with E-state index in [1.165, 1.54) is 5.56 Å². The Kier molecular flexibility index (Phi) is 2.04. The van der Waals surface area contributed by atoms with Crippen LogP contribution in [0.4, 0.5) is 0 Å². The summed E-state index contributed by atoms with van der Waals surface area (Å²) in [5.74, 6) is 0. The van der Waals surface area contributed by atoms with Crippen molar-refractivity contribution in [1.29, 1.82) is 0 Å². The minimum Gasteiger partial charge on any atom is -0.282 e. The lowest BCUT2D eigenvalue weighted by Crippen LogP contribution is -2.11. The first kappa shape index (κ1) is 7.68. The van der Waals surface area contributed by atoms with E-state index in [-0.39, 0.29) is 0 Å². The molecule has 1 unspecified atom stereocenters. The van der Waals surface area contributed by atoms with E-state index in [0.29, 0.717) is 5.37 Å². The largest absolute Gasteiger partial charge is 0.282 e. The monoisotopic (exact) mass is 178 g/mol. The molecule has 0 spiro atoms. The maximum atomic E-state index is 4.17. The smallest absolute Gasteiger partial charge is 0.122 e. The summed E-state index contributed by atoms with van der Waals surface area (Å²) in [4.78, 5) is 0. The molecule has 1 atom stereocenters. The van der Waals surface area contributed by atoms with Crippen molar-refractivity contribution in [1.82, 2.24) is 5.01 Å². The number of hydrogen-bond acceptors (Lipinski definition) is 3. The molecule has 12 heavy (non-hydrogen) atoms. The minimum atomic E-state index is 0.367. The zero-order valence-electron chi connectivity index (χ0n) is 6.84. The summed E-state index contributed by atoms with van der Waals surface area (Å²) in [7, 11) is 1.99. The number of hydrogen-bond donors (Lipinski definition) is 0.